The number of hydrogen-bond donors (Lipinski definition) is 2. The van der Waals surface area contributed by atoms with Crippen molar-refractivity contribution in [2.24, 2.45) is 0 Å². The zero-order valence-electron chi connectivity index (χ0n) is 11.5. The molecule has 1 unspecified atom stereocenters. The highest BCUT2D eigenvalue weighted by Crippen LogP contribution is 2.18. The van der Waals surface area contributed by atoms with Crippen LogP contribution < -0.4 is 5.32 Å². The molecule has 3 heterocycles. The second-order valence-electron chi connectivity index (χ2n) is 4.85. The van der Waals surface area contributed by atoms with E-state index in [0.717, 1.165) is 0 Å². The monoisotopic (exact) mass is 285 g/mol. The third kappa shape index (κ3) is 2.58. The van der Waals surface area contributed by atoms with Gasteiger partial charge in [-0.3, -0.25) is 4.40 Å². The van der Waals surface area contributed by atoms with E-state index >= 15 is 0 Å². The van der Waals surface area contributed by atoms with Gasteiger partial charge in [-0.15, -0.1) is 0 Å². The molecule has 3 aromatic rings. The Bertz CT molecular complexity index is 763. The maximum Gasteiger partial charge on any atom is 0.356 e. The summed E-state index contributed by atoms with van der Waals surface area (Å²) in [6.45, 7) is 2.64. The number of anilines is 1. The molecule has 0 bridgehead atoms. The van der Waals surface area contributed by atoms with E-state index in [1.54, 1.807) is 35.3 Å². The van der Waals surface area contributed by atoms with Crippen LogP contribution in [0.5, 0.6) is 0 Å². The number of pyridine rings is 1. The molecule has 0 spiro atoms. The number of carboxylic acids is 1. The van der Waals surface area contributed by atoms with E-state index in [9.17, 15) is 9.90 Å². The highest BCUT2D eigenvalue weighted by Gasteiger charge is 2.19. The van der Waals surface area contributed by atoms with Gasteiger partial charge in [0.2, 0.25) is 0 Å². The van der Waals surface area contributed by atoms with Crippen LogP contribution in [-0.4, -0.2) is 36.1 Å². The Morgan fingerprint density at radius 2 is 2.29 bits per heavy atom. The number of hydrogen-bond acceptors (Lipinski definition) is 4. The van der Waals surface area contributed by atoms with Gasteiger partial charge in [0.15, 0.2) is 11.5 Å². The van der Waals surface area contributed by atoms with Crippen LogP contribution in [0.3, 0.4) is 0 Å². The molecule has 0 aliphatic rings. The van der Waals surface area contributed by atoms with Gasteiger partial charge in [0.05, 0.1) is 6.33 Å². The zero-order chi connectivity index (χ0) is 14.8. The lowest BCUT2D eigenvalue weighted by Crippen LogP contribution is -2.22. The molecule has 1 atom stereocenters. The first kappa shape index (κ1) is 13.2. The third-order valence-electron chi connectivity index (χ3n) is 3.16. The number of carbonyl (C=O) groups is 1. The average molecular weight is 285 g/mol. The first-order valence-electron chi connectivity index (χ1n) is 6.58. The molecule has 7 nitrogen and oxygen atoms in total. The molecule has 0 radical (unpaired) electrons. The van der Waals surface area contributed by atoms with Crippen LogP contribution in [0, 0.1) is 0 Å². The molecule has 3 rings (SSSR count). The fourth-order valence-electron chi connectivity index (χ4n) is 2.29. The van der Waals surface area contributed by atoms with E-state index in [4.69, 9.17) is 0 Å². The molecule has 108 valence electrons. The van der Waals surface area contributed by atoms with Crippen molar-refractivity contribution < 1.29 is 9.90 Å². The Labute approximate surface area is 120 Å². The van der Waals surface area contributed by atoms with Crippen LogP contribution >= 0.6 is 0 Å². The maximum absolute atomic E-state index is 11.5. The van der Waals surface area contributed by atoms with Gasteiger partial charge in [-0.05, 0) is 19.1 Å². The largest absolute Gasteiger partial charge is 0.476 e. The molecule has 0 saturated heterocycles. The summed E-state index contributed by atoms with van der Waals surface area (Å²) in [5.74, 6) is -0.632. The Kier molecular flexibility index (Phi) is 3.31. The minimum atomic E-state index is -1.01. The highest BCUT2D eigenvalue weighted by molar-refractivity contribution is 5.93. The molecule has 0 aliphatic carbocycles. The molecule has 7 heteroatoms. The van der Waals surface area contributed by atoms with Crippen LogP contribution in [0.25, 0.3) is 5.65 Å². The van der Waals surface area contributed by atoms with Crippen molar-refractivity contribution in [3.8, 4) is 0 Å². The van der Waals surface area contributed by atoms with Crippen molar-refractivity contribution in [3.63, 3.8) is 0 Å². The maximum atomic E-state index is 11.5. The Hall–Kier alpha value is -2.83. The predicted octanol–water partition coefficient (Wildman–Crippen LogP) is 1.73. The minimum absolute atomic E-state index is 0.0159. The minimum Gasteiger partial charge on any atom is -0.476 e. The third-order valence-corrected chi connectivity index (χ3v) is 3.16. The molecule has 21 heavy (non-hydrogen) atoms. The van der Waals surface area contributed by atoms with Crippen LogP contribution in [0.1, 0.15) is 17.4 Å². The quantitative estimate of drug-likeness (QED) is 0.745. The molecular weight excluding hydrogens is 270 g/mol. The van der Waals surface area contributed by atoms with Crippen molar-refractivity contribution >= 4 is 17.4 Å². The van der Waals surface area contributed by atoms with Gasteiger partial charge in [-0.1, -0.05) is 6.07 Å². The highest BCUT2D eigenvalue weighted by atomic mass is 16.4. The molecule has 0 saturated carbocycles. The Balaban J connectivity index is 1.89. The first-order valence-corrected chi connectivity index (χ1v) is 6.58. The lowest BCUT2D eigenvalue weighted by molar-refractivity contribution is 0.0690. The van der Waals surface area contributed by atoms with Crippen molar-refractivity contribution in [2.45, 2.75) is 19.5 Å². The molecule has 0 aromatic carbocycles. The predicted molar refractivity (Wildman–Crippen MR) is 77.5 cm³/mol. The van der Waals surface area contributed by atoms with Crippen molar-refractivity contribution in [1.82, 2.24) is 18.9 Å². The van der Waals surface area contributed by atoms with E-state index in [2.05, 4.69) is 15.3 Å². The van der Waals surface area contributed by atoms with Gasteiger partial charge in [0, 0.05) is 31.2 Å². The van der Waals surface area contributed by atoms with E-state index in [0.29, 0.717) is 18.0 Å². The Morgan fingerprint density at radius 1 is 1.43 bits per heavy atom. The number of imidazole rings is 2. The summed E-state index contributed by atoms with van der Waals surface area (Å²) in [5.41, 5.74) is 0.746. The van der Waals surface area contributed by atoms with Gasteiger partial charge in [-0.25, -0.2) is 14.8 Å². The lowest BCUT2D eigenvalue weighted by Gasteiger charge is -2.14. The zero-order valence-corrected chi connectivity index (χ0v) is 11.5. The number of aromatic carboxylic acids is 1. The van der Waals surface area contributed by atoms with Gasteiger partial charge in [0.25, 0.3) is 0 Å². The summed E-state index contributed by atoms with van der Waals surface area (Å²) in [5, 5.41) is 12.6. The Morgan fingerprint density at radius 3 is 3.00 bits per heavy atom. The molecule has 0 fully saturated rings. The summed E-state index contributed by atoms with van der Waals surface area (Å²) in [7, 11) is 0. The van der Waals surface area contributed by atoms with Gasteiger partial charge >= 0.3 is 5.97 Å². The van der Waals surface area contributed by atoms with Crippen LogP contribution in [0.4, 0.5) is 5.82 Å². The van der Waals surface area contributed by atoms with Crippen molar-refractivity contribution in [2.75, 3.05) is 5.32 Å². The second kappa shape index (κ2) is 5.28. The summed E-state index contributed by atoms with van der Waals surface area (Å²) in [6, 6.07) is 5.40. The smallest absolute Gasteiger partial charge is 0.356 e. The second-order valence-corrected chi connectivity index (χ2v) is 4.85. The van der Waals surface area contributed by atoms with Crippen molar-refractivity contribution in [3.05, 3.63) is 48.8 Å². The standard InChI is InChI=1S/C14H15N5O2/c1-10(8-18-7-5-15-9-18)16-13-12(14(20)21)19-6-3-2-4-11(19)17-13/h2-7,9-10,16H,8H2,1H3,(H,20,21). The summed E-state index contributed by atoms with van der Waals surface area (Å²) in [6.07, 6.45) is 6.98. The summed E-state index contributed by atoms with van der Waals surface area (Å²) < 4.78 is 3.49. The first-order chi connectivity index (χ1) is 10.1. The van der Waals surface area contributed by atoms with Crippen LogP contribution in [0.15, 0.2) is 43.1 Å². The molecule has 0 aliphatic heterocycles. The number of aromatic nitrogens is 4. The lowest BCUT2D eigenvalue weighted by atomic mass is 10.3. The number of rotatable bonds is 5. The summed E-state index contributed by atoms with van der Waals surface area (Å²) >= 11 is 0. The average Bonchev–Trinajstić information content (AvgIpc) is 3.04. The number of carboxylic acid groups (broad SMARTS) is 1. The van der Waals surface area contributed by atoms with E-state index in [1.807, 2.05) is 23.8 Å². The van der Waals surface area contributed by atoms with Gasteiger partial charge in [0.1, 0.15) is 5.65 Å². The molecule has 0 amide bonds. The fourth-order valence-corrected chi connectivity index (χ4v) is 2.29. The molecular formula is C14H15N5O2. The van der Waals surface area contributed by atoms with E-state index in [-0.39, 0.29) is 11.7 Å². The topological polar surface area (TPSA) is 84.5 Å². The molecule has 3 aromatic heterocycles. The fraction of sp³-hybridized carbons (Fsp3) is 0.214. The molecule has 2 N–H and O–H groups in total. The van der Waals surface area contributed by atoms with E-state index in [1.165, 1.54) is 0 Å². The summed E-state index contributed by atoms with van der Waals surface area (Å²) in [4.78, 5) is 19.8. The van der Waals surface area contributed by atoms with Crippen LogP contribution in [-0.2, 0) is 6.54 Å². The van der Waals surface area contributed by atoms with E-state index < -0.39 is 5.97 Å². The number of fused-ring (bicyclic) bond motifs is 1. The number of nitrogens with one attached hydrogen (secondary N) is 1. The number of nitrogens with zero attached hydrogens (tertiary/aromatic N) is 4. The van der Waals surface area contributed by atoms with Crippen molar-refractivity contribution in [1.29, 1.82) is 0 Å². The van der Waals surface area contributed by atoms with Crippen LogP contribution in [0.2, 0.25) is 0 Å². The van der Waals surface area contributed by atoms with Gasteiger partial charge < -0.3 is 15.0 Å². The normalized spacial score (nSPS) is 12.4. The van der Waals surface area contributed by atoms with Gasteiger partial charge in [-0.2, -0.15) is 0 Å². The SMILES string of the molecule is CC(Cn1ccnc1)Nc1nc2ccccn2c1C(=O)O.